The van der Waals surface area contributed by atoms with E-state index in [9.17, 15) is 9.90 Å². The largest absolute Gasteiger partial charge is 0.456 e. The first-order valence-electron chi connectivity index (χ1n) is 5.29. The third kappa shape index (κ3) is 3.50. The molecule has 0 bridgehead atoms. The Morgan fingerprint density at radius 1 is 1.50 bits per heavy atom. The van der Waals surface area contributed by atoms with Gasteiger partial charge in [0.25, 0.3) is 0 Å². The minimum Gasteiger partial charge on any atom is -0.456 e. The van der Waals surface area contributed by atoms with Gasteiger partial charge in [0.15, 0.2) is 0 Å². The molecule has 2 atom stereocenters. The molecule has 0 amide bonds. The lowest BCUT2D eigenvalue weighted by atomic mass is 9.95. The van der Waals surface area contributed by atoms with Gasteiger partial charge in [-0.25, -0.2) is 4.79 Å². The van der Waals surface area contributed by atoms with Crippen LogP contribution in [0.1, 0.15) is 39.0 Å². The molecule has 0 heterocycles. The maximum atomic E-state index is 11.2. The van der Waals surface area contributed by atoms with Crippen molar-refractivity contribution in [3.63, 3.8) is 0 Å². The van der Waals surface area contributed by atoms with Crippen LogP contribution in [0.2, 0.25) is 0 Å². The van der Waals surface area contributed by atoms with Crippen LogP contribution in [0.3, 0.4) is 0 Å². The molecule has 0 aliphatic heterocycles. The third-order valence-corrected chi connectivity index (χ3v) is 2.42. The van der Waals surface area contributed by atoms with Crippen molar-refractivity contribution < 1.29 is 14.6 Å². The standard InChI is InChI=1S/C11H18O3/c1-2-3-8-11(13)14-10-7-5-4-6-9(10)12/h3,8-10,12H,2,4-7H2,1H3/b8-3+/t9-,10-/m1/s1. The second-order valence-electron chi connectivity index (χ2n) is 3.64. The van der Waals surface area contributed by atoms with Crippen LogP contribution in [0.5, 0.6) is 0 Å². The molecule has 1 aliphatic rings. The van der Waals surface area contributed by atoms with Crippen LogP contribution >= 0.6 is 0 Å². The first-order chi connectivity index (χ1) is 6.74. The average molecular weight is 198 g/mol. The molecule has 1 fully saturated rings. The normalized spacial score (nSPS) is 27.9. The van der Waals surface area contributed by atoms with Crippen molar-refractivity contribution in [2.45, 2.75) is 51.2 Å². The number of hydrogen-bond donors (Lipinski definition) is 1. The van der Waals surface area contributed by atoms with Crippen molar-refractivity contribution in [1.82, 2.24) is 0 Å². The lowest BCUT2D eigenvalue weighted by Crippen LogP contribution is -2.33. The molecule has 1 N–H and O–H groups in total. The summed E-state index contributed by atoms with van der Waals surface area (Å²) in [6.07, 6.45) is 6.84. The molecule has 80 valence electrons. The van der Waals surface area contributed by atoms with Gasteiger partial charge in [0.1, 0.15) is 6.10 Å². The summed E-state index contributed by atoms with van der Waals surface area (Å²) in [6.45, 7) is 1.96. The van der Waals surface area contributed by atoms with Crippen LogP contribution < -0.4 is 0 Å². The zero-order chi connectivity index (χ0) is 10.4. The quantitative estimate of drug-likeness (QED) is 0.555. The molecule has 0 unspecified atom stereocenters. The predicted octanol–water partition coefficient (Wildman–Crippen LogP) is 1.80. The van der Waals surface area contributed by atoms with Crippen molar-refractivity contribution in [1.29, 1.82) is 0 Å². The van der Waals surface area contributed by atoms with Crippen molar-refractivity contribution in [2.24, 2.45) is 0 Å². The summed E-state index contributed by atoms with van der Waals surface area (Å²) in [5.41, 5.74) is 0. The summed E-state index contributed by atoms with van der Waals surface area (Å²) in [7, 11) is 0. The number of carbonyl (C=O) groups is 1. The van der Waals surface area contributed by atoms with Gasteiger partial charge in [-0.2, -0.15) is 0 Å². The molecular formula is C11H18O3. The molecule has 0 aromatic carbocycles. The lowest BCUT2D eigenvalue weighted by Gasteiger charge is -2.26. The first-order valence-corrected chi connectivity index (χ1v) is 5.29. The number of ether oxygens (including phenoxy) is 1. The van der Waals surface area contributed by atoms with E-state index in [0.29, 0.717) is 0 Å². The monoisotopic (exact) mass is 198 g/mol. The van der Waals surface area contributed by atoms with E-state index in [0.717, 1.165) is 32.1 Å². The van der Waals surface area contributed by atoms with Crippen molar-refractivity contribution in [3.8, 4) is 0 Å². The fourth-order valence-electron chi connectivity index (χ4n) is 1.62. The molecule has 14 heavy (non-hydrogen) atoms. The van der Waals surface area contributed by atoms with E-state index < -0.39 is 6.10 Å². The zero-order valence-electron chi connectivity index (χ0n) is 8.61. The van der Waals surface area contributed by atoms with Crippen molar-refractivity contribution >= 4 is 5.97 Å². The van der Waals surface area contributed by atoms with Crippen molar-refractivity contribution in [3.05, 3.63) is 12.2 Å². The van der Waals surface area contributed by atoms with E-state index in [1.165, 1.54) is 6.08 Å². The molecule has 3 heteroatoms. The topological polar surface area (TPSA) is 46.5 Å². The highest BCUT2D eigenvalue weighted by Gasteiger charge is 2.25. The SMILES string of the molecule is CC/C=C/C(=O)O[C@@H]1CCCC[C@H]1O. The van der Waals surface area contributed by atoms with Crippen LogP contribution in [-0.2, 0) is 9.53 Å². The van der Waals surface area contributed by atoms with Crippen LogP contribution in [0.15, 0.2) is 12.2 Å². The Kier molecular flexibility index (Phi) is 4.66. The first kappa shape index (κ1) is 11.2. The summed E-state index contributed by atoms with van der Waals surface area (Å²) in [5, 5.41) is 9.54. The third-order valence-electron chi connectivity index (χ3n) is 2.42. The fourth-order valence-corrected chi connectivity index (χ4v) is 1.62. The second kappa shape index (κ2) is 5.81. The zero-order valence-corrected chi connectivity index (χ0v) is 8.61. The molecule has 0 radical (unpaired) electrons. The molecule has 1 saturated carbocycles. The molecule has 0 spiro atoms. The van der Waals surface area contributed by atoms with E-state index in [-0.39, 0.29) is 12.1 Å². The maximum Gasteiger partial charge on any atom is 0.330 e. The van der Waals surface area contributed by atoms with Gasteiger partial charge in [0.2, 0.25) is 0 Å². The Morgan fingerprint density at radius 3 is 2.86 bits per heavy atom. The summed E-state index contributed by atoms with van der Waals surface area (Å²) >= 11 is 0. The molecular weight excluding hydrogens is 180 g/mol. The summed E-state index contributed by atoms with van der Waals surface area (Å²) in [6, 6.07) is 0. The Labute approximate surface area is 84.8 Å². The van der Waals surface area contributed by atoms with E-state index in [4.69, 9.17) is 4.74 Å². The number of esters is 1. The van der Waals surface area contributed by atoms with Crippen LogP contribution in [0.4, 0.5) is 0 Å². The van der Waals surface area contributed by atoms with Gasteiger partial charge in [-0.3, -0.25) is 0 Å². The molecule has 0 aromatic rings. The lowest BCUT2D eigenvalue weighted by molar-refractivity contribution is -0.151. The number of hydrogen-bond acceptors (Lipinski definition) is 3. The number of carbonyl (C=O) groups excluding carboxylic acids is 1. The Morgan fingerprint density at radius 2 is 2.21 bits per heavy atom. The van der Waals surface area contributed by atoms with Gasteiger partial charge in [-0.15, -0.1) is 0 Å². The van der Waals surface area contributed by atoms with Crippen molar-refractivity contribution in [2.75, 3.05) is 0 Å². The van der Waals surface area contributed by atoms with E-state index >= 15 is 0 Å². The molecule has 0 aromatic heterocycles. The summed E-state index contributed by atoms with van der Waals surface area (Å²) < 4.78 is 5.13. The Hall–Kier alpha value is -0.830. The van der Waals surface area contributed by atoms with Gasteiger partial charge in [-0.1, -0.05) is 19.4 Å². The van der Waals surface area contributed by atoms with Crippen LogP contribution in [0, 0.1) is 0 Å². The van der Waals surface area contributed by atoms with E-state index in [1.807, 2.05) is 6.92 Å². The molecule has 3 nitrogen and oxygen atoms in total. The average Bonchev–Trinajstić information content (AvgIpc) is 2.18. The Bertz CT molecular complexity index is 211. The van der Waals surface area contributed by atoms with Crippen LogP contribution in [-0.4, -0.2) is 23.3 Å². The van der Waals surface area contributed by atoms with E-state index in [1.54, 1.807) is 6.08 Å². The molecule has 0 saturated heterocycles. The van der Waals surface area contributed by atoms with Gasteiger partial charge >= 0.3 is 5.97 Å². The minimum absolute atomic E-state index is 0.294. The number of rotatable bonds is 3. The number of aliphatic hydroxyl groups is 1. The minimum atomic E-state index is -0.470. The van der Waals surface area contributed by atoms with Crippen LogP contribution in [0.25, 0.3) is 0 Å². The summed E-state index contributed by atoms with van der Waals surface area (Å²) in [5.74, 6) is -0.335. The summed E-state index contributed by atoms with van der Waals surface area (Å²) in [4.78, 5) is 11.2. The maximum absolute atomic E-state index is 11.2. The highest BCUT2D eigenvalue weighted by molar-refractivity contribution is 5.82. The predicted molar refractivity (Wildman–Crippen MR) is 53.8 cm³/mol. The van der Waals surface area contributed by atoms with Gasteiger partial charge < -0.3 is 9.84 Å². The smallest absolute Gasteiger partial charge is 0.330 e. The van der Waals surface area contributed by atoms with Gasteiger partial charge in [0, 0.05) is 6.08 Å². The van der Waals surface area contributed by atoms with Gasteiger partial charge in [0.05, 0.1) is 6.10 Å². The fraction of sp³-hybridized carbons (Fsp3) is 0.727. The molecule has 1 aliphatic carbocycles. The molecule has 1 rings (SSSR count). The number of allylic oxidation sites excluding steroid dienone is 1. The highest BCUT2D eigenvalue weighted by Crippen LogP contribution is 2.21. The highest BCUT2D eigenvalue weighted by atomic mass is 16.6. The van der Waals surface area contributed by atoms with Gasteiger partial charge in [-0.05, 0) is 25.7 Å². The van der Waals surface area contributed by atoms with E-state index in [2.05, 4.69) is 0 Å². The Balaban J connectivity index is 2.34. The number of aliphatic hydroxyl groups excluding tert-OH is 1. The second-order valence-corrected chi connectivity index (χ2v) is 3.64.